The molecule has 4 aromatic rings. The number of amides is 4. The molecular weight excluding hydrogens is 906 g/mol. The number of aliphatic hydroxyl groups excluding tert-OH is 4. The third kappa shape index (κ3) is 13.2. The zero-order valence-corrected chi connectivity index (χ0v) is 36.5. The lowest BCUT2D eigenvalue weighted by atomic mass is 10.1. The Balaban J connectivity index is 0.000000272. The molecule has 63 heavy (non-hydrogen) atoms. The van der Waals surface area contributed by atoms with Crippen molar-refractivity contribution in [2.24, 2.45) is 0 Å². The van der Waals surface area contributed by atoms with E-state index in [4.69, 9.17) is 67.3 Å². The van der Waals surface area contributed by atoms with E-state index in [2.05, 4.69) is 10.6 Å². The number of imide groups is 2. The Morgan fingerprint density at radius 2 is 0.873 bits per heavy atom. The average Bonchev–Trinajstić information content (AvgIpc) is 3.62. The van der Waals surface area contributed by atoms with Crippen LogP contribution in [0.4, 0.5) is 11.4 Å². The molecule has 0 aromatic heterocycles. The third-order valence-electron chi connectivity index (χ3n) is 9.39. The molecule has 6 rings (SSSR count). The van der Waals surface area contributed by atoms with Crippen LogP contribution in [0.15, 0.2) is 95.8 Å². The molecule has 0 spiro atoms. The number of anilines is 2. The molecule has 4 amide bonds. The number of hydrogen-bond acceptors (Lipinski definition) is 14. The van der Waals surface area contributed by atoms with Crippen LogP contribution in [-0.4, -0.2) is 74.7 Å². The Kier molecular flexibility index (Phi) is 17.6. The van der Waals surface area contributed by atoms with E-state index in [1.54, 1.807) is 72.8 Å². The fraction of sp³-hybridized carbons (Fsp3) is 0.238. The number of ether oxygens (including phenoxy) is 2. The smallest absolute Gasteiger partial charge is 0.298 e. The van der Waals surface area contributed by atoms with Crippen molar-refractivity contribution in [2.45, 2.75) is 51.0 Å². The highest BCUT2D eigenvalue weighted by Gasteiger charge is 2.33. The predicted octanol–water partition coefficient (Wildman–Crippen LogP) is 4.44. The van der Waals surface area contributed by atoms with Crippen LogP contribution in [-0.2, 0) is 32.0 Å². The summed E-state index contributed by atoms with van der Waals surface area (Å²) >= 11 is 24.1. The molecule has 0 radical (unpaired) electrons. The van der Waals surface area contributed by atoms with Crippen molar-refractivity contribution in [3.8, 4) is 11.5 Å². The molecule has 0 saturated carbocycles. The summed E-state index contributed by atoms with van der Waals surface area (Å²) in [6.45, 7) is 4.51. The molecule has 0 bridgehead atoms. The Morgan fingerprint density at radius 1 is 0.571 bits per heavy atom. The lowest BCUT2D eigenvalue weighted by molar-refractivity contribution is -0.127. The van der Waals surface area contributed by atoms with E-state index in [-0.39, 0.29) is 42.0 Å². The van der Waals surface area contributed by atoms with Crippen molar-refractivity contribution in [3.05, 3.63) is 138 Å². The molecule has 336 valence electrons. The van der Waals surface area contributed by atoms with E-state index in [9.17, 15) is 39.6 Å². The Labute approximate surface area is 380 Å². The number of hydrogen-bond donors (Lipinski definition) is 10. The van der Waals surface area contributed by atoms with E-state index in [0.29, 0.717) is 55.6 Å². The van der Waals surface area contributed by atoms with E-state index < -0.39 is 58.9 Å². The molecule has 2 aliphatic heterocycles. The first kappa shape index (κ1) is 50.0. The van der Waals surface area contributed by atoms with Crippen molar-refractivity contribution in [1.82, 2.24) is 21.3 Å². The fourth-order valence-corrected chi connectivity index (χ4v) is 6.98. The third-order valence-corrected chi connectivity index (χ3v) is 10.6. The second-order valence-corrected chi connectivity index (χ2v) is 15.9. The van der Waals surface area contributed by atoms with Crippen LogP contribution < -0.4 is 42.2 Å². The van der Waals surface area contributed by atoms with Crippen LogP contribution in [0.25, 0.3) is 0 Å². The first-order chi connectivity index (χ1) is 29.3. The van der Waals surface area contributed by atoms with Gasteiger partial charge in [0.15, 0.2) is 0 Å². The van der Waals surface area contributed by atoms with E-state index in [1.807, 2.05) is 24.5 Å². The highest BCUT2D eigenvalue weighted by atomic mass is 35.5. The summed E-state index contributed by atoms with van der Waals surface area (Å²) in [7, 11) is 0. The lowest BCUT2D eigenvalue weighted by Gasteiger charge is -2.18. The van der Waals surface area contributed by atoms with E-state index >= 15 is 0 Å². The first-order valence-corrected chi connectivity index (χ1v) is 20.3. The van der Waals surface area contributed by atoms with Gasteiger partial charge in [-0.2, -0.15) is 0 Å². The fourth-order valence-electron chi connectivity index (χ4n) is 5.98. The van der Waals surface area contributed by atoms with Crippen LogP contribution in [0.5, 0.6) is 11.5 Å². The van der Waals surface area contributed by atoms with Gasteiger partial charge < -0.3 is 57.5 Å². The number of halogens is 4. The number of rotatable bonds is 16. The zero-order valence-electron chi connectivity index (χ0n) is 33.5. The van der Waals surface area contributed by atoms with Crippen LogP contribution >= 0.6 is 46.4 Å². The SMILES string of the molecule is CC(Cc1ccc(OC2=C(O)C(=O)NC2=O)cc1)NCC(O)c1cc(Cl)c(N)c(Cl)c1.CC(Cc1ccc(OC2=C(O)C(=O)NC2=O)cc1)NCC(O)c1cc(Cl)c(N)c(Cl)c1.O. The molecule has 4 aromatic carbocycles. The van der Waals surface area contributed by atoms with E-state index in [0.717, 1.165) is 11.1 Å². The molecule has 14 N–H and O–H groups in total. The largest absolute Gasteiger partial charge is 0.500 e. The summed E-state index contributed by atoms with van der Waals surface area (Å²) in [5.74, 6) is -5.06. The standard InChI is InChI=1S/2C21H21Cl2N3O5.H2O/c2*1-10(25-9-16(27)12-7-14(22)17(24)15(23)8-12)6-11-2-4-13(5-3-11)31-19-18(28)20(29)26-21(19)30;/h2*2-5,7-8,10,16,25,27H,6,9,24H2,1H3,(H2,26,28,29,30);1H2. The second-order valence-electron chi connectivity index (χ2n) is 14.3. The maximum absolute atomic E-state index is 11.6. The average molecular weight is 951 g/mol. The van der Waals surface area contributed by atoms with Gasteiger partial charge in [0.05, 0.1) is 43.7 Å². The molecule has 2 aliphatic rings. The van der Waals surface area contributed by atoms with Gasteiger partial charge in [-0.15, -0.1) is 0 Å². The minimum atomic E-state index is -0.887. The van der Waals surface area contributed by atoms with Crippen LogP contribution in [0.1, 0.15) is 48.3 Å². The second kappa shape index (κ2) is 22.2. The maximum atomic E-state index is 11.6. The van der Waals surface area contributed by atoms with Crippen molar-refractivity contribution >= 4 is 81.4 Å². The molecule has 4 atom stereocenters. The molecule has 2 heterocycles. The number of nitrogens with two attached hydrogens (primary N) is 2. The predicted molar refractivity (Wildman–Crippen MR) is 237 cm³/mol. The number of carbonyl (C=O) groups excluding carboxylic acids is 4. The molecular formula is C42H44Cl4N6O11. The summed E-state index contributed by atoms with van der Waals surface area (Å²) in [6.07, 6.45) is -0.308. The molecule has 0 fully saturated rings. The summed E-state index contributed by atoms with van der Waals surface area (Å²) in [5, 5.41) is 51.4. The van der Waals surface area contributed by atoms with Gasteiger partial charge in [0.1, 0.15) is 11.5 Å². The van der Waals surface area contributed by atoms with Gasteiger partial charge in [-0.3, -0.25) is 29.8 Å². The highest BCUT2D eigenvalue weighted by Crippen LogP contribution is 2.32. The van der Waals surface area contributed by atoms with Gasteiger partial charge in [0, 0.05) is 25.2 Å². The minimum Gasteiger partial charge on any atom is -0.500 e. The molecule has 0 aliphatic carbocycles. The topological polar surface area (TPSA) is 299 Å². The maximum Gasteiger partial charge on any atom is 0.298 e. The van der Waals surface area contributed by atoms with Gasteiger partial charge in [-0.1, -0.05) is 70.7 Å². The van der Waals surface area contributed by atoms with Crippen LogP contribution in [0.3, 0.4) is 0 Å². The Hall–Kier alpha value is -5.60. The monoisotopic (exact) mass is 948 g/mol. The number of nitrogens with one attached hydrogen (secondary N) is 4. The number of carbonyl (C=O) groups is 4. The first-order valence-electron chi connectivity index (χ1n) is 18.7. The number of nitrogen functional groups attached to an aromatic ring is 2. The summed E-state index contributed by atoms with van der Waals surface area (Å²) in [5.41, 5.74) is 15.1. The number of aliphatic hydroxyl groups is 4. The van der Waals surface area contributed by atoms with Gasteiger partial charge in [0.2, 0.25) is 23.0 Å². The normalized spacial score (nSPS) is 15.5. The van der Waals surface area contributed by atoms with Gasteiger partial charge in [-0.25, -0.2) is 0 Å². The molecule has 17 nitrogen and oxygen atoms in total. The molecule has 21 heteroatoms. The van der Waals surface area contributed by atoms with Crippen molar-refractivity contribution < 1.29 is 54.6 Å². The highest BCUT2D eigenvalue weighted by molar-refractivity contribution is 6.39. The Morgan fingerprint density at radius 3 is 1.14 bits per heavy atom. The summed E-state index contributed by atoms with van der Waals surface area (Å²) < 4.78 is 10.6. The van der Waals surface area contributed by atoms with Gasteiger partial charge >= 0.3 is 0 Å². The van der Waals surface area contributed by atoms with E-state index in [1.165, 1.54) is 0 Å². The quantitative estimate of drug-likeness (QED) is 0.0549. The summed E-state index contributed by atoms with van der Waals surface area (Å²) in [4.78, 5) is 45.6. The van der Waals surface area contributed by atoms with Crippen LogP contribution in [0.2, 0.25) is 20.1 Å². The lowest BCUT2D eigenvalue weighted by Crippen LogP contribution is -2.32. The summed E-state index contributed by atoms with van der Waals surface area (Å²) in [6, 6.07) is 20.1. The Bertz CT molecular complexity index is 2200. The number of benzene rings is 4. The van der Waals surface area contributed by atoms with Crippen molar-refractivity contribution in [1.29, 1.82) is 0 Å². The molecule has 0 saturated heterocycles. The minimum absolute atomic E-state index is 0. The van der Waals surface area contributed by atoms with Crippen LogP contribution in [0, 0.1) is 0 Å². The zero-order chi connectivity index (χ0) is 45.4. The van der Waals surface area contributed by atoms with Gasteiger partial charge in [0.25, 0.3) is 23.6 Å². The van der Waals surface area contributed by atoms with Crippen molar-refractivity contribution in [3.63, 3.8) is 0 Å². The van der Waals surface area contributed by atoms with Crippen molar-refractivity contribution in [2.75, 3.05) is 24.6 Å². The van der Waals surface area contributed by atoms with Gasteiger partial charge in [-0.05, 0) is 97.5 Å². The molecule has 4 unspecified atom stereocenters.